The first kappa shape index (κ1) is 20.1. The van der Waals surface area contributed by atoms with Crippen LogP contribution < -0.4 is 4.90 Å². The molecule has 0 saturated heterocycles. The Bertz CT molecular complexity index is 755. The van der Waals surface area contributed by atoms with E-state index < -0.39 is 23.8 Å². The normalized spacial score (nSPS) is 12.1. The fraction of sp³-hybridized carbons (Fsp3) is 0.438. The lowest BCUT2D eigenvalue weighted by molar-refractivity contribution is -0.159. The predicted molar refractivity (Wildman–Crippen MR) is 91.8 cm³/mol. The van der Waals surface area contributed by atoms with Gasteiger partial charge in [0, 0.05) is 11.3 Å². The average Bonchev–Trinajstić information content (AvgIpc) is 3.01. The SMILES string of the molecule is CSCN(C(=O)OC(C)(C)C)c1ccc(-c2noc(C(F)(F)F)n2)cc1. The van der Waals surface area contributed by atoms with Gasteiger partial charge in [-0.15, -0.1) is 11.8 Å². The molecule has 0 atom stereocenters. The van der Waals surface area contributed by atoms with Crippen LogP contribution in [0.1, 0.15) is 26.7 Å². The van der Waals surface area contributed by atoms with Gasteiger partial charge in [-0.05, 0) is 51.3 Å². The Morgan fingerprint density at radius 1 is 1.23 bits per heavy atom. The van der Waals surface area contributed by atoms with Gasteiger partial charge < -0.3 is 9.26 Å². The molecule has 0 bridgehead atoms. The fourth-order valence-electron chi connectivity index (χ4n) is 1.93. The highest BCUT2D eigenvalue weighted by atomic mass is 32.2. The van der Waals surface area contributed by atoms with Crippen molar-refractivity contribution in [3.63, 3.8) is 0 Å². The molecule has 1 heterocycles. The van der Waals surface area contributed by atoms with Crippen molar-refractivity contribution in [2.45, 2.75) is 32.5 Å². The lowest BCUT2D eigenvalue weighted by Crippen LogP contribution is -2.36. The van der Waals surface area contributed by atoms with Crippen molar-refractivity contribution in [1.82, 2.24) is 10.1 Å². The molecule has 0 saturated carbocycles. The molecule has 2 rings (SSSR count). The van der Waals surface area contributed by atoms with Crippen LogP contribution in [0, 0.1) is 0 Å². The molecule has 10 heteroatoms. The number of hydrogen-bond acceptors (Lipinski definition) is 6. The van der Waals surface area contributed by atoms with E-state index in [1.807, 2.05) is 6.26 Å². The number of aromatic nitrogens is 2. The van der Waals surface area contributed by atoms with Gasteiger partial charge >= 0.3 is 18.2 Å². The van der Waals surface area contributed by atoms with Crippen molar-refractivity contribution in [3.05, 3.63) is 30.2 Å². The van der Waals surface area contributed by atoms with E-state index in [0.717, 1.165) is 0 Å². The Balaban J connectivity index is 2.23. The van der Waals surface area contributed by atoms with Crippen LogP contribution in [0.3, 0.4) is 0 Å². The third-order valence-corrected chi connectivity index (χ3v) is 3.49. The van der Waals surface area contributed by atoms with Crippen molar-refractivity contribution in [2.24, 2.45) is 0 Å². The summed E-state index contributed by atoms with van der Waals surface area (Å²) in [4.78, 5) is 17.1. The van der Waals surface area contributed by atoms with Crippen LogP contribution in [-0.4, -0.2) is 34.0 Å². The van der Waals surface area contributed by atoms with Crippen LogP contribution in [0.2, 0.25) is 0 Å². The molecule has 26 heavy (non-hydrogen) atoms. The van der Waals surface area contributed by atoms with Crippen molar-refractivity contribution < 1.29 is 27.2 Å². The van der Waals surface area contributed by atoms with Crippen molar-refractivity contribution in [3.8, 4) is 11.4 Å². The molecule has 1 aromatic carbocycles. The maximum Gasteiger partial charge on any atom is 0.471 e. The number of halogens is 3. The van der Waals surface area contributed by atoms with Gasteiger partial charge in [0.15, 0.2) is 0 Å². The van der Waals surface area contributed by atoms with E-state index in [2.05, 4.69) is 14.7 Å². The topological polar surface area (TPSA) is 68.5 Å². The minimum Gasteiger partial charge on any atom is -0.443 e. The Morgan fingerprint density at radius 2 is 1.85 bits per heavy atom. The minimum atomic E-state index is -4.70. The zero-order valence-corrected chi connectivity index (χ0v) is 15.4. The van der Waals surface area contributed by atoms with Crippen LogP contribution in [0.15, 0.2) is 28.8 Å². The van der Waals surface area contributed by atoms with Crippen molar-refractivity contribution in [2.75, 3.05) is 17.0 Å². The molecule has 0 aliphatic carbocycles. The molecule has 0 fully saturated rings. The molecule has 2 aromatic rings. The number of rotatable bonds is 4. The van der Waals surface area contributed by atoms with E-state index in [0.29, 0.717) is 17.1 Å². The molecule has 0 unspecified atom stereocenters. The number of amides is 1. The first-order valence-electron chi connectivity index (χ1n) is 7.52. The lowest BCUT2D eigenvalue weighted by atomic mass is 10.2. The molecular weight excluding hydrogens is 371 g/mol. The van der Waals surface area contributed by atoms with Gasteiger partial charge in [-0.25, -0.2) is 4.79 Å². The molecule has 1 amide bonds. The molecule has 142 valence electrons. The highest BCUT2D eigenvalue weighted by molar-refractivity contribution is 7.98. The van der Waals surface area contributed by atoms with E-state index in [1.165, 1.54) is 28.8 Å². The maximum atomic E-state index is 12.5. The Kier molecular flexibility index (Phi) is 5.84. The number of nitrogens with zero attached hydrogens (tertiary/aromatic N) is 3. The summed E-state index contributed by atoms with van der Waals surface area (Å²) < 4.78 is 47.2. The number of anilines is 1. The van der Waals surface area contributed by atoms with E-state index in [-0.39, 0.29) is 5.82 Å². The zero-order valence-electron chi connectivity index (χ0n) is 14.6. The first-order valence-corrected chi connectivity index (χ1v) is 8.91. The Hall–Kier alpha value is -2.23. The van der Waals surface area contributed by atoms with Crippen LogP contribution in [0.25, 0.3) is 11.4 Å². The summed E-state index contributed by atoms with van der Waals surface area (Å²) in [6.45, 7) is 5.29. The summed E-state index contributed by atoms with van der Waals surface area (Å²) in [7, 11) is 0. The van der Waals surface area contributed by atoms with Gasteiger partial charge in [0.25, 0.3) is 0 Å². The molecule has 1 aromatic heterocycles. The van der Waals surface area contributed by atoms with Gasteiger partial charge in [0.05, 0.1) is 5.88 Å². The van der Waals surface area contributed by atoms with E-state index in [1.54, 1.807) is 32.9 Å². The number of thioether (sulfide) groups is 1. The molecule has 0 radical (unpaired) electrons. The number of carbonyl (C=O) groups excluding carboxylic acids is 1. The number of hydrogen-bond donors (Lipinski definition) is 0. The monoisotopic (exact) mass is 389 g/mol. The van der Waals surface area contributed by atoms with Gasteiger partial charge in [-0.2, -0.15) is 18.2 Å². The third kappa shape index (κ3) is 5.13. The second kappa shape index (κ2) is 7.56. The predicted octanol–water partition coefficient (Wildman–Crippen LogP) is 4.82. The van der Waals surface area contributed by atoms with Crippen LogP contribution in [0.5, 0.6) is 0 Å². The Morgan fingerprint density at radius 3 is 2.31 bits per heavy atom. The number of alkyl halides is 3. The first-order chi connectivity index (χ1) is 12.0. The maximum absolute atomic E-state index is 12.5. The summed E-state index contributed by atoms with van der Waals surface area (Å²) in [5.41, 5.74) is 0.227. The van der Waals surface area contributed by atoms with E-state index in [4.69, 9.17) is 4.74 Å². The van der Waals surface area contributed by atoms with Gasteiger partial charge in [-0.3, -0.25) is 4.90 Å². The van der Waals surface area contributed by atoms with Crippen LogP contribution >= 0.6 is 11.8 Å². The van der Waals surface area contributed by atoms with Gasteiger partial charge in [-0.1, -0.05) is 5.16 Å². The van der Waals surface area contributed by atoms with Crippen LogP contribution in [-0.2, 0) is 10.9 Å². The van der Waals surface area contributed by atoms with Gasteiger partial charge in [0.2, 0.25) is 5.82 Å². The fourth-order valence-corrected chi connectivity index (χ4v) is 2.44. The molecular formula is C16H18F3N3O3S. The zero-order chi connectivity index (χ0) is 19.5. The molecule has 0 aliphatic heterocycles. The quantitative estimate of drug-likeness (QED) is 0.699. The minimum absolute atomic E-state index is 0.183. The lowest BCUT2D eigenvalue weighted by Gasteiger charge is -2.27. The van der Waals surface area contributed by atoms with Crippen LogP contribution in [0.4, 0.5) is 23.7 Å². The summed E-state index contributed by atoms with van der Waals surface area (Å²) in [6, 6.07) is 6.19. The summed E-state index contributed by atoms with van der Waals surface area (Å²) in [5.74, 6) is -1.23. The second-order valence-corrected chi connectivity index (χ2v) is 7.13. The van der Waals surface area contributed by atoms with Gasteiger partial charge in [0.1, 0.15) is 5.60 Å². The standard InChI is InChI=1S/C16H18F3N3O3S/c1-15(2,3)24-14(23)22(9-26-4)11-7-5-10(6-8-11)12-20-13(25-21-12)16(17,18)19/h5-8H,9H2,1-4H3. The van der Waals surface area contributed by atoms with E-state index in [9.17, 15) is 18.0 Å². The van der Waals surface area contributed by atoms with Crippen molar-refractivity contribution >= 4 is 23.5 Å². The molecule has 0 aliphatic rings. The van der Waals surface area contributed by atoms with E-state index >= 15 is 0 Å². The Labute approximate surface area is 152 Å². The highest BCUT2D eigenvalue weighted by Gasteiger charge is 2.38. The number of ether oxygens (including phenoxy) is 1. The smallest absolute Gasteiger partial charge is 0.443 e. The largest absolute Gasteiger partial charge is 0.471 e. The summed E-state index contributed by atoms with van der Waals surface area (Å²) in [6.07, 6.45) is -3.38. The third-order valence-electron chi connectivity index (χ3n) is 2.98. The molecule has 6 nitrogen and oxygen atoms in total. The second-order valence-electron chi connectivity index (χ2n) is 6.29. The number of benzene rings is 1. The molecule has 0 spiro atoms. The average molecular weight is 389 g/mol. The summed E-state index contributed by atoms with van der Waals surface area (Å²) >= 11 is 1.43. The molecule has 0 N–H and O–H groups in total. The van der Waals surface area contributed by atoms with Crippen molar-refractivity contribution in [1.29, 1.82) is 0 Å². The summed E-state index contributed by atoms with van der Waals surface area (Å²) in [5, 5.41) is 3.33. The highest BCUT2D eigenvalue weighted by Crippen LogP contribution is 2.30. The number of carbonyl (C=O) groups is 1.